The molecule has 116 valence electrons. The standard InChI is InChI=1S/C16H24ClN3O/c1-10(7-11(2)21)9-18-12(3)16-19-14-6-5-13(17)8-15(14)20(16)4/h5-6,8,10-12,18,21H,7,9H2,1-4H3. The van der Waals surface area contributed by atoms with E-state index in [1.807, 2.05) is 32.2 Å². The average Bonchev–Trinajstić information content (AvgIpc) is 2.73. The zero-order valence-corrected chi connectivity index (χ0v) is 13.9. The van der Waals surface area contributed by atoms with Gasteiger partial charge in [-0.3, -0.25) is 0 Å². The third-order valence-corrected chi connectivity index (χ3v) is 4.02. The number of aromatic nitrogens is 2. The fraction of sp³-hybridized carbons (Fsp3) is 0.562. The van der Waals surface area contributed by atoms with Crippen LogP contribution in [0.2, 0.25) is 5.02 Å². The van der Waals surface area contributed by atoms with Crippen molar-refractivity contribution in [2.45, 2.75) is 39.3 Å². The van der Waals surface area contributed by atoms with E-state index in [4.69, 9.17) is 11.6 Å². The van der Waals surface area contributed by atoms with Gasteiger partial charge in [-0.1, -0.05) is 18.5 Å². The van der Waals surface area contributed by atoms with Crippen molar-refractivity contribution in [1.82, 2.24) is 14.9 Å². The van der Waals surface area contributed by atoms with Crippen LogP contribution in [0.15, 0.2) is 18.2 Å². The molecular formula is C16H24ClN3O. The van der Waals surface area contributed by atoms with Gasteiger partial charge in [-0.05, 0) is 50.9 Å². The lowest BCUT2D eigenvalue weighted by Crippen LogP contribution is -2.27. The molecule has 0 aliphatic carbocycles. The number of rotatable bonds is 6. The Morgan fingerprint density at radius 3 is 2.71 bits per heavy atom. The van der Waals surface area contributed by atoms with Gasteiger partial charge in [0.25, 0.3) is 0 Å². The van der Waals surface area contributed by atoms with Crippen LogP contribution in [0, 0.1) is 5.92 Å². The largest absolute Gasteiger partial charge is 0.393 e. The highest BCUT2D eigenvalue weighted by atomic mass is 35.5. The summed E-state index contributed by atoms with van der Waals surface area (Å²) in [7, 11) is 2.01. The lowest BCUT2D eigenvalue weighted by molar-refractivity contribution is 0.162. The number of aliphatic hydroxyl groups excluding tert-OH is 1. The fourth-order valence-corrected chi connectivity index (χ4v) is 2.87. The highest BCUT2D eigenvalue weighted by Gasteiger charge is 2.15. The molecule has 5 heteroatoms. The molecule has 2 rings (SSSR count). The van der Waals surface area contributed by atoms with Crippen LogP contribution >= 0.6 is 11.6 Å². The van der Waals surface area contributed by atoms with E-state index in [9.17, 15) is 5.11 Å². The number of halogens is 1. The third-order valence-electron chi connectivity index (χ3n) is 3.78. The zero-order valence-electron chi connectivity index (χ0n) is 13.1. The summed E-state index contributed by atoms with van der Waals surface area (Å²) in [6.07, 6.45) is 0.549. The Bertz CT molecular complexity index is 609. The van der Waals surface area contributed by atoms with E-state index in [0.717, 1.165) is 34.8 Å². The van der Waals surface area contributed by atoms with Crippen LogP contribution < -0.4 is 5.32 Å². The van der Waals surface area contributed by atoms with E-state index in [1.165, 1.54) is 0 Å². The average molecular weight is 310 g/mol. The van der Waals surface area contributed by atoms with Crippen LogP contribution in [0.25, 0.3) is 11.0 Å². The fourth-order valence-electron chi connectivity index (χ4n) is 2.70. The van der Waals surface area contributed by atoms with Crippen LogP contribution in [0.1, 0.15) is 39.1 Å². The van der Waals surface area contributed by atoms with Crippen LogP contribution in [-0.2, 0) is 7.05 Å². The molecule has 3 unspecified atom stereocenters. The maximum atomic E-state index is 9.41. The van der Waals surface area contributed by atoms with E-state index >= 15 is 0 Å². The molecule has 0 fully saturated rings. The number of aliphatic hydroxyl groups is 1. The molecule has 1 aromatic heterocycles. The van der Waals surface area contributed by atoms with Gasteiger partial charge in [-0.25, -0.2) is 4.98 Å². The smallest absolute Gasteiger partial charge is 0.126 e. The van der Waals surface area contributed by atoms with E-state index < -0.39 is 0 Å². The van der Waals surface area contributed by atoms with Crippen LogP contribution in [0.3, 0.4) is 0 Å². The molecule has 1 heterocycles. The SMILES string of the molecule is CC(O)CC(C)CNC(C)c1nc2ccc(Cl)cc2n1C. The zero-order chi connectivity index (χ0) is 15.6. The van der Waals surface area contributed by atoms with Gasteiger partial charge in [0.15, 0.2) is 0 Å². The Kier molecular flexibility index (Phi) is 5.25. The molecule has 2 aromatic rings. The maximum Gasteiger partial charge on any atom is 0.126 e. The van der Waals surface area contributed by atoms with Gasteiger partial charge < -0.3 is 15.0 Å². The van der Waals surface area contributed by atoms with Gasteiger partial charge in [-0.2, -0.15) is 0 Å². The maximum absolute atomic E-state index is 9.41. The second kappa shape index (κ2) is 6.77. The van der Waals surface area contributed by atoms with E-state index in [2.05, 4.69) is 28.7 Å². The topological polar surface area (TPSA) is 50.1 Å². The molecule has 3 atom stereocenters. The molecule has 0 aliphatic heterocycles. The number of imidazole rings is 1. The van der Waals surface area contributed by atoms with Gasteiger partial charge in [0.2, 0.25) is 0 Å². The molecule has 21 heavy (non-hydrogen) atoms. The lowest BCUT2D eigenvalue weighted by atomic mass is 10.0. The summed E-state index contributed by atoms with van der Waals surface area (Å²) >= 11 is 6.05. The quantitative estimate of drug-likeness (QED) is 0.861. The second-order valence-corrected chi connectivity index (χ2v) is 6.42. The van der Waals surface area contributed by atoms with Crippen molar-refractivity contribution < 1.29 is 5.11 Å². The minimum Gasteiger partial charge on any atom is -0.393 e. The third kappa shape index (κ3) is 3.96. The number of fused-ring (bicyclic) bond motifs is 1. The summed E-state index contributed by atoms with van der Waals surface area (Å²) in [5.41, 5.74) is 2.01. The number of hydrogen-bond acceptors (Lipinski definition) is 3. The molecule has 1 aromatic carbocycles. The summed E-state index contributed by atoms with van der Waals surface area (Å²) in [6.45, 7) is 6.93. The normalized spacial score (nSPS) is 16.1. The lowest BCUT2D eigenvalue weighted by Gasteiger charge is -2.18. The van der Waals surface area contributed by atoms with Crippen molar-refractivity contribution in [3.63, 3.8) is 0 Å². The van der Waals surface area contributed by atoms with Crippen LogP contribution in [0.5, 0.6) is 0 Å². The van der Waals surface area contributed by atoms with Gasteiger partial charge in [-0.15, -0.1) is 0 Å². The Morgan fingerprint density at radius 2 is 2.05 bits per heavy atom. The first kappa shape index (κ1) is 16.3. The van der Waals surface area contributed by atoms with Crippen molar-refractivity contribution >= 4 is 22.6 Å². The minimum absolute atomic E-state index is 0.151. The predicted octanol–water partition coefficient (Wildman–Crippen LogP) is 3.28. The second-order valence-electron chi connectivity index (χ2n) is 5.98. The van der Waals surface area contributed by atoms with Gasteiger partial charge in [0.1, 0.15) is 5.82 Å². The molecule has 0 spiro atoms. The summed E-state index contributed by atoms with van der Waals surface area (Å²) < 4.78 is 2.08. The van der Waals surface area contributed by atoms with E-state index in [-0.39, 0.29) is 12.1 Å². The summed E-state index contributed by atoms with van der Waals surface area (Å²) in [5, 5.41) is 13.6. The first-order valence-corrected chi connectivity index (χ1v) is 7.79. The monoisotopic (exact) mass is 309 g/mol. The summed E-state index contributed by atoms with van der Waals surface area (Å²) in [4.78, 5) is 4.68. The molecule has 4 nitrogen and oxygen atoms in total. The summed E-state index contributed by atoms with van der Waals surface area (Å²) in [5.74, 6) is 1.42. The summed E-state index contributed by atoms with van der Waals surface area (Å²) in [6, 6.07) is 5.90. The minimum atomic E-state index is -0.255. The van der Waals surface area contributed by atoms with Crippen molar-refractivity contribution in [2.24, 2.45) is 13.0 Å². The van der Waals surface area contributed by atoms with Gasteiger partial charge in [0, 0.05) is 12.1 Å². The number of nitrogens with zero attached hydrogens (tertiary/aromatic N) is 2. The first-order chi connectivity index (χ1) is 9.88. The Balaban J connectivity index is 2.09. The highest BCUT2D eigenvalue weighted by Crippen LogP contribution is 2.22. The molecule has 0 bridgehead atoms. The van der Waals surface area contributed by atoms with Crippen molar-refractivity contribution in [3.05, 3.63) is 29.0 Å². The predicted molar refractivity (Wildman–Crippen MR) is 87.6 cm³/mol. The Morgan fingerprint density at radius 1 is 1.33 bits per heavy atom. The number of nitrogens with one attached hydrogen (secondary N) is 1. The Hall–Kier alpha value is -1.10. The molecule has 0 aliphatic rings. The van der Waals surface area contributed by atoms with Gasteiger partial charge >= 0.3 is 0 Å². The van der Waals surface area contributed by atoms with Crippen molar-refractivity contribution in [3.8, 4) is 0 Å². The molecule has 2 N–H and O–H groups in total. The van der Waals surface area contributed by atoms with E-state index in [0.29, 0.717) is 5.92 Å². The van der Waals surface area contributed by atoms with Crippen molar-refractivity contribution in [2.75, 3.05) is 6.54 Å². The molecule has 0 saturated heterocycles. The Labute approximate surface area is 131 Å². The number of hydrogen-bond donors (Lipinski definition) is 2. The van der Waals surface area contributed by atoms with Crippen LogP contribution in [-0.4, -0.2) is 27.3 Å². The number of aryl methyl sites for hydroxylation is 1. The molecule has 0 amide bonds. The molecule has 0 saturated carbocycles. The molecular weight excluding hydrogens is 286 g/mol. The number of benzene rings is 1. The molecule has 0 radical (unpaired) electrons. The first-order valence-electron chi connectivity index (χ1n) is 7.41. The highest BCUT2D eigenvalue weighted by molar-refractivity contribution is 6.31. The van der Waals surface area contributed by atoms with Crippen LogP contribution in [0.4, 0.5) is 0 Å². The van der Waals surface area contributed by atoms with Gasteiger partial charge in [0.05, 0.1) is 23.2 Å². The van der Waals surface area contributed by atoms with E-state index in [1.54, 1.807) is 0 Å². The van der Waals surface area contributed by atoms with Crippen molar-refractivity contribution in [1.29, 1.82) is 0 Å².